The maximum absolute atomic E-state index is 12.0. The summed E-state index contributed by atoms with van der Waals surface area (Å²) >= 11 is 0. The zero-order chi connectivity index (χ0) is 25.1. The van der Waals surface area contributed by atoms with Crippen LogP contribution in [0.5, 0.6) is 11.5 Å². The summed E-state index contributed by atoms with van der Waals surface area (Å²) < 4.78 is 16.3. The number of carbonyl (C=O) groups is 1. The molecule has 1 fully saturated rings. The van der Waals surface area contributed by atoms with Gasteiger partial charge in [0.25, 0.3) is 0 Å². The van der Waals surface area contributed by atoms with Crippen LogP contribution < -0.4 is 19.7 Å². The highest BCUT2D eigenvalue weighted by Gasteiger charge is 2.31. The largest absolute Gasteiger partial charge is 0.496 e. The fourth-order valence-electron chi connectivity index (χ4n) is 4.94. The quantitative estimate of drug-likeness (QED) is 0.586. The predicted octanol–water partition coefficient (Wildman–Crippen LogP) is 3.03. The molecule has 35 heavy (non-hydrogen) atoms. The number of ether oxygens (including phenoxy) is 3. The van der Waals surface area contributed by atoms with Crippen LogP contribution in [0.2, 0.25) is 0 Å². The molecule has 9 nitrogen and oxygen atoms in total. The molecule has 0 aliphatic carbocycles. The van der Waals surface area contributed by atoms with E-state index in [0.717, 1.165) is 24.3 Å². The number of rotatable bonds is 7. The zero-order valence-corrected chi connectivity index (χ0v) is 20.9. The summed E-state index contributed by atoms with van der Waals surface area (Å²) in [5.41, 5.74) is 3.19. The molecule has 188 valence electrons. The second kappa shape index (κ2) is 10.5. The summed E-state index contributed by atoms with van der Waals surface area (Å²) in [4.78, 5) is 20.7. The van der Waals surface area contributed by atoms with E-state index in [1.54, 1.807) is 27.2 Å². The normalized spacial score (nSPS) is 21.7. The summed E-state index contributed by atoms with van der Waals surface area (Å²) in [5.74, 6) is 1.79. The van der Waals surface area contributed by atoms with Gasteiger partial charge in [0.05, 0.1) is 25.0 Å². The Labute approximate surface area is 206 Å². The molecule has 0 aromatic heterocycles. The molecular formula is C26H34N4O5. The van der Waals surface area contributed by atoms with Gasteiger partial charge in [-0.2, -0.15) is 0 Å². The molecule has 0 radical (unpaired) electrons. The number of carbonyl (C=O) groups excluding carboxylic acids is 1. The van der Waals surface area contributed by atoms with Gasteiger partial charge in [-0.3, -0.25) is 4.79 Å². The number of amides is 1. The number of hydrogen-bond acceptors (Lipinski definition) is 8. The number of nitrogens with zero attached hydrogens (tertiary/aromatic N) is 3. The first-order valence-electron chi connectivity index (χ1n) is 11.8. The molecule has 1 unspecified atom stereocenters. The molecule has 0 saturated carbocycles. The lowest BCUT2D eigenvalue weighted by Crippen LogP contribution is -2.58. The molecule has 4 rings (SSSR count). The number of amidine groups is 1. The number of fused-ring (bicyclic) bond motifs is 1. The van der Waals surface area contributed by atoms with Crippen LogP contribution in [0.15, 0.2) is 41.4 Å². The molecule has 9 heteroatoms. The highest BCUT2D eigenvalue weighted by atomic mass is 16.5. The van der Waals surface area contributed by atoms with Gasteiger partial charge in [-0.1, -0.05) is 0 Å². The van der Waals surface area contributed by atoms with Crippen LogP contribution in [-0.4, -0.2) is 74.4 Å². The highest BCUT2D eigenvalue weighted by Crippen LogP contribution is 2.40. The minimum atomic E-state index is -1.06. The Morgan fingerprint density at radius 3 is 2.40 bits per heavy atom. The Morgan fingerprint density at radius 1 is 1.11 bits per heavy atom. The van der Waals surface area contributed by atoms with Crippen molar-refractivity contribution >= 4 is 23.1 Å². The molecule has 2 heterocycles. The smallest absolute Gasteiger partial charge is 0.220 e. The van der Waals surface area contributed by atoms with Crippen LogP contribution >= 0.6 is 0 Å². The number of hydrogen-bond donors (Lipinski definition) is 2. The molecule has 3 atom stereocenters. The first kappa shape index (κ1) is 24.8. The third kappa shape index (κ3) is 5.21. The molecule has 2 aliphatic heterocycles. The van der Waals surface area contributed by atoms with Crippen molar-refractivity contribution in [1.82, 2.24) is 4.90 Å². The molecule has 1 saturated heterocycles. The second-order valence-electron chi connectivity index (χ2n) is 8.98. The summed E-state index contributed by atoms with van der Waals surface area (Å²) in [6.45, 7) is 8.22. The Hall–Kier alpha value is -3.30. The summed E-state index contributed by atoms with van der Waals surface area (Å²) in [6.07, 6.45) is -1.06. The van der Waals surface area contributed by atoms with E-state index in [4.69, 9.17) is 14.2 Å². The molecule has 1 amide bonds. The van der Waals surface area contributed by atoms with Crippen molar-refractivity contribution in [3.63, 3.8) is 0 Å². The molecule has 2 N–H and O–H groups in total. The van der Waals surface area contributed by atoms with Crippen molar-refractivity contribution in [3.8, 4) is 11.5 Å². The van der Waals surface area contributed by atoms with Crippen LogP contribution in [0.1, 0.15) is 38.1 Å². The van der Waals surface area contributed by atoms with Crippen molar-refractivity contribution in [2.45, 2.75) is 39.1 Å². The molecule has 2 aromatic carbocycles. The summed E-state index contributed by atoms with van der Waals surface area (Å²) in [6, 6.07) is 11.9. The third-order valence-corrected chi connectivity index (χ3v) is 6.44. The van der Waals surface area contributed by atoms with E-state index < -0.39 is 6.23 Å². The van der Waals surface area contributed by atoms with Crippen molar-refractivity contribution in [3.05, 3.63) is 47.5 Å². The topological polar surface area (TPSA) is 95.9 Å². The predicted molar refractivity (Wildman–Crippen MR) is 136 cm³/mol. The first-order chi connectivity index (χ1) is 16.8. The summed E-state index contributed by atoms with van der Waals surface area (Å²) in [5, 5.41) is 14.1. The molecule has 0 spiro atoms. The fourth-order valence-corrected chi connectivity index (χ4v) is 4.94. The molecule has 2 aromatic rings. The van der Waals surface area contributed by atoms with Crippen molar-refractivity contribution in [2.75, 3.05) is 50.7 Å². The number of benzene rings is 2. The van der Waals surface area contributed by atoms with Gasteiger partial charge in [0.15, 0.2) is 6.23 Å². The van der Waals surface area contributed by atoms with Crippen LogP contribution in [-0.2, 0) is 9.53 Å². The number of aliphatic imine (C=N–C) groups is 1. The van der Waals surface area contributed by atoms with Crippen molar-refractivity contribution < 1.29 is 24.1 Å². The Morgan fingerprint density at radius 2 is 1.80 bits per heavy atom. The van der Waals surface area contributed by atoms with E-state index in [-0.39, 0.29) is 18.0 Å². The van der Waals surface area contributed by atoms with E-state index in [0.29, 0.717) is 41.8 Å². The lowest BCUT2D eigenvalue weighted by molar-refractivity contribution is -0.133. The van der Waals surface area contributed by atoms with Crippen LogP contribution in [0.4, 0.5) is 11.4 Å². The maximum atomic E-state index is 12.0. The van der Waals surface area contributed by atoms with Gasteiger partial charge in [0, 0.05) is 62.6 Å². The monoisotopic (exact) mass is 482 g/mol. The number of aliphatic hydroxyl groups excluding tert-OH is 1. The average molecular weight is 483 g/mol. The number of methoxy groups -OCH3 is 2. The van der Waals surface area contributed by atoms with Crippen LogP contribution in [0.25, 0.3) is 0 Å². The Bertz CT molecular complexity index is 1080. The van der Waals surface area contributed by atoms with Crippen LogP contribution in [0.3, 0.4) is 0 Å². The number of nitrogens with one attached hydrogen (secondary N) is 1. The average Bonchev–Trinajstić information content (AvgIpc) is 2.83. The highest BCUT2D eigenvalue weighted by molar-refractivity contribution is 6.10. The maximum Gasteiger partial charge on any atom is 0.220 e. The van der Waals surface area contributed by atoms with E-state index in [9.17, 15) is 9.90 Å². The van der Waals surface area contributed by atoms with Crippen molar-refractivity contribution in [1.29, 1.82) is 0 Å². The molecule has 0 bridgehead atoms. The summed E-state index contributed by atoms with van der Waals surface area (Å²) in [7, 11) is 3.17. The van der Waals surface area contributed by atoms with Crippen LogP contribution in [0, 0.1) is 0 Å². The fraction of sp³-hybridized carbons (Fsp3) is 0.462. The Balaban J connectivity index is 1.53. The van der Waals surface area contributed by atoms with Crippen molar-refractivity contribution in [2.24, 2.45) is 4.99 Å². The minimum absolute atomic E-state index is 0.115. The standard InChI is InChI=1S/C26H34N4O5/c1-16-14-29(15-17(2)30(16)18(3)31)20-8-6-19(7-9-20)25-27-22-12-21(35-11-10-33-4)13-23(34-5)24(22)26(32)28-25/h6-9,12-13,16-17,26,32H,10-11,14-15H2,1-5H3,(H,27,28)/t16-,17+,26?. The van der Waals surface area contributed by atoms with E-state index in [1.807, 2.05) is 23.1 Å². The SMILES string of the molecule is COCCOc1cc2c(c(OC)c1)C(O)N=C(c1ccc(N3C[C@@H](C)N(C(C)=O)[C@@H](C)C3)cc1)N2. The number of anilines is 2. The van der Waals surface area contributed by atoms with Gasteiger partial charge in [0.1, 0.15) is 23.9 Å². The zero-order valence-electron chi connectivity index (χ0n) is 20.9. The van der Waals surface area contributed by atoms with Gasteiger partial charge in [-0.25, -0.2) is 4.99 Å². The van der Waals surface area contributed by atoms with E-state index in [1.165, 1.54) is 0 Å². The Kier molecular flexibility index (Phi) is 7.47. The second-order valence-corrected chi connectivity index (χ2v) is 8.98. The van der Waals surface area contributed by atoms with Gasteiger partial charge < -0.3 is 34.4 Å². The third-order valence-electron chi connectivity index (χ3n) is 6.44. The molecule has 2 aliphatic rings. The molecular weight excluding hydrogens is 448 g/mol. The lowest BCUT2D eigenvalue weighted by atomic mass is 10.0. The van der Waals surface area contributed by atoms with E-state index >= 15 is 0 Å². The number of piperazine rings is 1. The van der Waals surface area contributed by atoms with Gasteiger partial charge in [-0.15, -0.1) is 0 Å². The number of aliphatic hydroxyl groups is 1. The van der Waals surface area contributed by atoms with Gasteiger partial charge >= 0.3 is 0 Å². The van der Waals surface area contributed by atoms with Gasteiger partial charge in [0.2, 0.25) is 5.91 Å². The lowest BCUT2D eigenvalue weighted by Gasteiger charge is -2.45. The minimum Gasteiger partial charge on any atom is -0.496 e. The first-order valence-corrected chi connectivity index (χ1v) is 11.8. The van der Waals surface area contributed by atoms with E-state index in [2.05, 4.69) is 41.2 Å². The van der Waals surface area contributed by atoms with Gasteiger partial charge in [-0.05, 0) is 38.1 Å².